The zero-order chi connectivity index (χ0) is 17.8. The smallest absolute Gasteiger partial charge is 0.277 e. The molecule has 0 saturated heterocycles. The molecule has 0 aliphatic carbocycles. The Labute approximate surface area is 152 Å². The van der Waals surface area contributed by atoms with Crippen LogP contribution in [0.1, 0.15) is 5.56 Å². The van der Waals surface area contributed by atoms with Crippen molar-refractivity contribution in [3.05, 3.63) is 58.9 Å². The van der Waals surface area contributed by atoms with E-state index in [1.54, 1.807) is 0 Å². The van der Waals surface area contributed by atoms with Crippen LogP contribution >= 0.6 is 23.4 Å². The number of carbonyl (C=O) groups is 1. The Morgan fingerprint density at radius 2 is 2.00 bits per heavy atom. The van der Waals surface area contributed by atoms with Crippen molar-refractivity contribution in [2.75, 3.05) is 11.1 Å². The molecule has 0 bridgehead atoms. The predicted molar refractivity (Wildman–Crippen MR) is 95.2 cm³/mol. The third-order valence-corrected chi connectivity index (χ3v) is 4.37. The number of aryl methyl sites for hydroxylation is 1. The topological polar surface area (TPSA) is 68.0 Å². The van der Waals surface area contributed by atoms with E-state index in [9.17, 15) is 9.18 Å². The van der Waals surface area contributed by atoms with Gasteiger partial charge >= 0.3 is 0 Å². The largest absolute Gasteiger partial charge is 0.411 e. The molecule has 1 amide bonds. The third kappa shape index (κ3) is 4.58. The fourth-order valence-corrected chi connectivity index (χ4v) is 2.76. The minimum Gasteiger partial charge on any atom is -0.411 e. The number of carbonyl (C=O) groups excluding carboxylic acids is 1. The number of benzene rings is 2. The molecule has 25 heavy (non-hydrogen) atoms. The summed E-state index contributed by atoms with van der Waals surface area (Å²) in [6.07, 6.45) is 0. The predicted octanol–water partition coefficient (Wildman–Crippen LogP) is 4.57. The van der Waals surface area contributed by atoms with Gasteiger partial charge in [0.1, 0.15) is 5.82 Å². The van der Waals surface area contributed by atoms with Crippen LogP contribution in [0.4, 0.5) is 10.1 Å². The van der Waals surface area contributed by atoms with Crippen LogP contribution in [0.15, 0.2) is 52.1 Å². The molecule has 0 spiro atoms. The summed E-state index contributed by atoms with van der Waals surface area (Å²) >= 11 is 6.98. The summed E-state index contributed by atoms with van der Waals surface area (Å²) in [5.74, 6) is -0.326. The number of thioether (sulfide) groups is 1. The van der Waals surface area contributed by atoms with Crippen LogP contribution in [0.5, 0.6) is 0 Å². The fourth-order valence-electron chi connectivity index (χ4n) is 1.99. The van der Waals surface area contributed by atoms with Gasteiger partial charge < -0.3 is 9.73 Å². The number of rotatable bonds is 5. The normalized spacial score (nSPS) is 10.7. The number of nitrogens with zero attached hydrogens (tertiary/aromatic N) is 2. The Hall–Kier alpha value is -2.38. The molecule has 3 aromatic rings. The SMILES string of the molecule is Cc1ccc(-c2nnc(SCC(=O)Nc3ccc(F)cc3Cl)o2)cc1. The molecule has 0 atom stereocenters. The van der Waals surface area contributed by atoms with Gasteiger partial charge in [-0.05, 0) is 37.3 Å². The minimum absolute atomic E-state index is 0.0588. The lowest BCUT2D eigenvalue weighted by atomic mass is 10.1. The summed E-state index contributed by atoms with van der Waals surface area (Å²) in [6.45, 7) is 1.99. The molecule has 0 fully saturated rings. The highest BCUT2D eigenvalue weighted by Crippen LogP contribution is 2.25. The molecule has 0 aliphatic heterocycles. The van der Waals surface area contributed by atoms with Crippen molar-refractivity contribution in [2.24, 2.45) is 0 Å². The van der Waals surface area contributed by atoms with Gasteiger partial charge in [0.15, 0.2) is 0 Å². The average Bonchev–Trinajstić information content (AvgIpc) is 3.05. The monoisotopic (exact) mass is 377 g/mol. The molecule has 0 aliphatic rings. The zero-order valence-electron chi connectivity index (χ0n) is 13.1. The zero-order valence-corrected chi connectivity index (χ0v) is 14.7. The van der Waals surface area contributed by atoms with E-state index in [1.807, 2.05) is 31.2 Å². The summed E-state index contributed by atoms with van der Waals surface area (Å²) in [6, 6.07) is 11.4. The molecular formula is C17H13ClFN3O2S. The number of halogens is 2. The highest BCUT2D eigenvalue weighted by atomic mass is 35.5. The summed E-state index contributed by atoms with van der Waals surface area (Å²) in [4.78, 5) is 12.0. The first-order valence-electron chi connectivity index (χ1n) is 7.29. The van der Waals surface area contributed by atoms with Gasteiger partial charge in [-0.2, -0.15) is 0 Å². The number of hydrogen-bond donors (Lipinski definition) is 1. The third-order valence-electron chi connectivity index (χ3n) is 3.24. The van der Waals surface area contributed by atoms with Gasteiger partial charge in [0, 0.05) is 5.56 Å². The standard InChI is InChI=1S/C17H13ClFN3O2S/c1-10-2-4-11(5-3-10)16-21-22-17(24-16)25-9-15(23)20-14-7-6-12(19)8-13(14)18/h2-8H,9H2,1H3,(H,20,23). The van der Waals surface area contributed by atoms with E-state index in [-0.39, 0.29) is 21.9 Å². The maximum Gasteiger partial charge on any atom is 0.277 e. The second kappa shape index (κ2) is 7.67. The Balaban J connectivity index is 1.58. The van der Waals surface area contributed by atoms with Gasteiger partial charge in [0.25, 0.3) is 5.22 Å². The van der Waals surface area contributed by atoms with Crippen LogP contribution < -0.4 is 5.32 Å². The van der Waals surface area contributed by atoms with Crippen LogP contribution in [0.3, 0.4) is 0 Å². The van der Waals surface area contributed by atoms with Crippen molar-refractivity contribution in [1.29, 1.82) is 0 Å². The van der Waals surface area contributed by atoms with E-state index in [0.717, 1.165) is 29.0 Å². The van der Waals surface area contributed by atoms with Gasteiger partial charge in [0.2, 0.25) is 11.8 Å². The molecule has 2 aromatic carbocycles. The molecule has 5 nitrogen and oxygen atoms in total. The number of nitrogens with one attached hydrogen (secondary N) is 1. The molecule has 1 aromatic heterocycles. The minimum atomic E-state index is -0.466. The molecule has 8 heteroatoms. The van der Waals surface area contributed by atoms with Gasteiger partial charge in [-0.3, -0.25) is 4.79 Å². The maximum atomic E-state index is 13.0. The number of amides is 1. The van der Waals surface area contributed by atoms with Crippen molar-refractivity contribution < 1.29 is 13.6 Å². The quantitative estimate of drug-likeness (QED) is 0.660. The van der Waals surface area contributed by atoms with E-state index >= 15 is 0 Å². The summed E-state index contributed by atoms with van der Waals surface area (Å²) in [5.41, 5.74) is 2.29. The lowest BCUT2D eigenvalue weighted by molar-refractivity contribution is -0.113. The highest BCUT2D eigenvalue weighted by molar-refractivity contribution is 7.99. The lowest BCUT2D eigenvalue weighted by Gasteiger charge is -2.06. The number of hydrogen-bond acceptors (Lipinski definition) is 5. The summed E-state index contributed by atoms with van der Waals surface area (Å²) < 4.78 is 18.5. The average molecular weight is 378 g/mol. The highest BCUT2D eigenvalue weighted by Gasteiger charge is 2.12. The molecular weight excluding hydrogens is 365 g/mol. The van der Waals surface area contributed by atoms with Crippen LogP contribution in [-0.2, 0) is 4.79 Å². The van der Waals surface area contributed by atoms with Crippen LogP contribution in [0.25, 0.3) is 11.5 Å². The summed E-state index contributed by atoms with van der Waals surface area (Å²) in [7, 11) is 0. The van der Waals surface area contributed by atoms with E-state index in [2.05, 4.69) is 15.5 Å². The Morgan fingerprint density at radius 1 is 1.24 bits per heavy atom. The molecule has 0 radical (unpaired) electrons. The van der Waals surface area contributed by atoms with Gasteiger partial charge in [-0.1, -0.05) is 41.1 Å². The first-order valence-corrected chi connectivity index (χ1v) is 8.66. The molecule has 0 saturated carbocycles. The Bertz CT molecular complexity index is 899. The van der Waals surface area contributed by atoms with E-state index in [0.29, 0.717) is 11.6 Å². The maximum absolute atomic E-state index is 13.0. The molecule has 1 N–H and O–H groups in total. The first kappa shape index (κ1) is 17.4. The Morgan fingerprint density at radius 3 is 2.72 bits per heavy atom. The number of aromatic nitrogens is 2. The van der Waals surface area contributed by atoms with Crippen molar-refractivity contribution >= 4 is 35.0 Å². The van der Waals surface area contributed by atoms with Crippen LogP contribution in [0, 0.1) is 12.7 Å². The van der Waals surface area contributed by atoms with Crippen LogP contribution in [0.2, 0.25) is 5.02 Å². The van der Waals surface area contributed by atoms with E-state index in [4.69, 9.17) is 16.0 Å². The molecule has 0 unspecified atom stereocenters. The molecule has 128 valence electrons. The van der Waals surface area contributed by atoms with E-state index in [1.165, 1.54) is 12.1 Å². The van der Waals surface area contributed by atoms with E-state index < -0.39 is 5.82 Å². The van der Waals surface area contributed by atoms with Crippen molar-refractivity contribution in [2.45, 2.75) is 12.1 Å². The van der Waals surface area contributed by atoms with Crippen molar-refractivity contribution in [3.63, 3.8) is 0 Å². The number of anilines is 1. The molecule has 3 rings (SSSR count). The Kier molecular flexibility index (Phi) is 5.35. The lowest BCUT2D eigenvalue weighted by Crippen LogP contribution is -2.14. The molecule has 1 heterocycles. The van der Waals surface area contributed by atoms with Gasteiger partial charge in [0.05, 0.1) is 16.5 Å². The second-order valence-corrected chi connectivity index (χ2v) is 6.53. The van der Waals surface area contributed by atoms with Crippen molar-refractivity contribution in [3.8, 4) is 11.5 Å². The fraction of sp³-hybridized carbons (Fsp3) is 0.118. The van der Waals surface area contributed by atoms with Gasteiger partial charge in [-0.25, -0.2) is 4.39 Å². The first-order chi connectivity index (χ1) is 12.0. The summed E-state index contributed by atoms with van der Waals surface area (Å²) in [5, 5.41) is 10.9. The van der Waals surface area contributed by atoms with Crippen LogP contribution in [-0.4, -0.2) is 21.9 Å². The van der Waals surface area contributed by atoms with Crippen molar-refractivity contribution in [1.82, 2.24) is 10.2 Å². The van der Waals surface area contributed by atoms with Gasteiger partial charge in [-0.15, -0.1) is 10.2 Å². The second-order valence-electron chi connectivity index (χ2n) is 5.20.